The topological polar surface area (TPSA) is 56.1 Å². The number of hydrogen-bond donors (Lipinski definition) is 1. The van der Waals surface area contributed by atoms with Crippen LogP contribution >= 0.6 is 0 Å². The standard InChI is InChI=1S/C22H25N3O2/c1-15-5-6-16(2)21(13-15)27-17(3)22(26)24-14-19-7-9-20(10-8-19)25-12-11-23-18(25)4/h5-13,17H,14H2,1-4H3,(H,24,26). The fourth-order valence-corrected chi connectivity index (χ4v) is 2.84. The Morgan fingerprint density at radius 1 is 1.15 bits per heavy atom. The minimum atomic E-state index is -0.557. The highest BCUT2D eigenvalue weighted by Gasteiger charge is 2.15. The normalized spacial score (nSPS) is 11.9. The van der Waals surface area contributed by atoms with Gasteiger partial charge >= 0.3 is 0 Å². The molecular weight excluding hydrogens is 338 g/mol. The largest absolute Gasteiger partial charge is 0.481 e. The van der Waals surface area contributed by atoms with E-state index in [0.29, 0.717) is 6.54 Å². The third-order valence-corrected chi connectivity index (χ3v) is 4.52. The maximum atomic E-state index is 12.4. The number of aryl methyl sites for hydroxylation is 3. The number of amides is 1. The monoisotopic (exact) mass is 363 g/mol. The summed E-state index contributed by atoms with van der Waals surface area (Å²) in [5.74, 6) is 1.55. The van der Waals surface area contributed by atoms with Gasteiger partial charge in [0.05, 0.1) is 0 Å². The van der Waals surface area contributed by atoms with Gasteiger partial charge < -0.3 is 14.6 Å². The molecule has 0 spiro atoms. The van der Waals surface area contributed by atoms with Crippen LogP contribution in [0.2, 0.25) is 0 Å². The molecule has 1 amide bonds. The zero-order valence-corrected chi connectivity index (χ0v) is 16.2. The number of nitrogens with zero attached hydrogens (tertiary/aromatic N) is 2. The van der Waals surface area contributed by atoms with Crippen LogP contribution in [0.25, 0.3) is 5.69 Å². The maximum Gasteiger partial charge on any atom is 0.261 e. The number of rotatable bonds is 6. The van der Waals surface area contributed by atoms with Crippen LogP contribution in [0.5, 0.6) is 5.75 Å². The van der Waals surface area contributed by atoms with Crippen molar-refractivity contribution in [2.75, 3.05) is 0 Å². The Hall–Kier alpha value is -3.08. The number of benzene rings is 2. The van der Waals surface area contributed by atoms with E-state index in [9.17, 15) is 4.79 Å². The lowest BCUT2D eigenvalue weighted by Crippen LogP contribution is -2.36. The summed E-state index contributed by atoms with van der Waals surface area (Å²) in [5, 5.41) is 2.94. The van der Waals surface area contributed by atoms with Crippen molar-refractivity contribution in [3.8, 4) is 11.4 Å². The number of ether oxygens (including phenoxy) is 1. The van der Waals surface area contributed by atoms with Crippen LogP contribution in [-0.4, -0.2) is 21.6 Å². The molecule has 1 aromatic heterocycles. The van der Waals surface area contributed by atoms with E-state index in [1.165, 1.54) is 0 Å². The van der Waals surface area contributed by atoms with Crippen LogP contribution in [0.15, 0.2) is 54.9 Å². The van der Waals surface area contributed by atoms with E-state index >= 15 is 0 Å². The van der Waals surface area contributed by atoms with Gasteiger partial charge in [0.1, 0.15) is 11.6 Å². The van der Waals surface area contributed by atoms with Gasteiger partial charge in [-0.2, -0.15) is 0 Å². The van der Waals surface area contributed by atoms with E-state index in [-0.39, 0.29) is 5.91 Å². The molecule has 0 saturated carbocycles. The molecule has 0 aliphatic carbocycles. The number of carbonyl (C=O) groups is 1. The molecule has 1 heterocycles. The highest BCUT2D eigenvalue weighted by molar-refractivity contribution is 5.80. The molecule has 1 unspecified atom stereocenters. The van der Waals surface area contributed by atoms with Crippen molar-refractivity contribution in [3.05, 3.63) is 77.4 Å². The highest BCUT2D eigenvalue weighted by Crippen LogP contribution is 2.20. The smallest absolute Gasteiger partial charge is 0.261 e. The fraction of sp³-hybridized carbons (Fsp3) is 0.273. The average molecular weight is 363 g/mol. The van der Waals surface area contributed by atoms with Crippen molar-refractivity contribution in [2.45, 2.75) is 40.3 Å². The van der Waals surface area contributed by atoms with Gasteiger partial charge in [0.15, 0.2) is 6.10 Å². The molecule has 3 aromatic rings. The van der Waals surface area contributed by atoms with Crippen molar-refractivity contribution >= 4 is 5.91 Å². The molecule has 1 atom stereocenters. The third kappa shape index (κ3) is 4.56. The zero-order chi connectivity index (χ0) is 19.4. The summed E-state index contributed by atoms with van der Waals surface area (Å²) >= 11 is 0. The molecule has 0 aliphatic heterocycles. The number of carbonyl (C=O) groups excluding carboxylic acids is 1. The Balaban J connectivity index is 1.57. The Labute approximate surface area is 160 Å². The lowest BCUT2D eigenvalue weighted by Gasteiger charge is -2.17. The molecule has 0 saturated heterocycles. The second kappa shape index (κ2) is 8.08. The molecule has 5 nitrogen and oxygen atoms in total. The summed E-state index contributed by atoms with van der Waals surface area (Å²) in [6.45, 7) is 8.17. The summed E-state index contributed by atoms with van der Waals surface area (Å²) in [4.78, 5) is 16.6. The van der Waals surface area contributed by atoms with Gasteiger partial charge in [-0.3, -0.25) is 4.79 Å². The number of aromatic nitrogens is 2. The van der Waals surface area contributed by atoms with Crippen LogP contribution < -0.4 is 10.1 Å². The second-order valence-corrected chi connectivity index (χ2v) is 6.76. The van der Waals surface area contributed by atoms with E-state index in [2.05, 4.69) is 10.3 Å². The van der Waals surface area contributed by atoms with E-state index in [1.54, 1.807) is 13.1 Å². The molecule has 27 heavy (non-hydrogen) atoms. The lowest BCUT2D eigenvalue weighted by molar-refractivity contribution is -0.127. The first-order chi connectivity index (χ1) is 12.9. The van der Waals surface area contributed by atoms with Crippen LogP contribution in [0.4, 0.5) is 0 Å². The summed E-state index contributed by atoms with van der Waals surface area (Å²) in [5.41, 5.74) is 4.21. The first-order valence-corrected chi connectivity index (χ1v) is 9.05. The molecule has 2 aromatic carbocycles. The molecule has 1 N–H and O–H groups in total. The lowest BCUT2D eigenvalue weighted by atomic mass is 10.1. The second-order valence-electron chi connectivity index (χ2n) is 6.76. The molecule has 3 rings (SSSR count). The quantitative estimate of drug-likeness (QED) is 0.723. The van der Waals surface area contributed by atoms with Gasteiger partial charge in [0.25, 0.3) is 5.91 Å². The van der Waals surface area contributed by atoms with Crippen molar-refractivity contribution < 1.29 is 9.53 Å². The first kappa shape index (κ1) is 18.7. The average Bonchev–Trinajstić information content (AvgIpc) is 3.09. The third-order valence-electron chi connectivity index (χ3n) is 4.52. The number of imidazole rings is 1. The minimum Gasteiger partial charge on any atom is -0.481 e. The van der Waals surface area contributed by atoms with Gasteiger partial charge in [-0.15, -0.1) is 0 Å². The molecule has 140 valence electrons. The van der Waals surface area contributed by atoms with Gasteiger partial charge in [0, 0.05) is 24.6 Å². The van der Waals surface area contributed by atoms with E-state index in [0.717, 1.165) is 34.0 Å². The molecule has 0 radical (unpaired) electrons. The van der Waals surface area contributed by atoms with Crippen LogP contribution in [0.3, 0.4) is 0 Å². The summed E-state index contributed by atoms with van der Waals surface area (Å²) in [7, 11) is 0. The SMILES string of the molecule is Cc1ccc(C)c(OC(C)C(=O)NCc2ccc(-n3ccnc3C)cc2)c1. The molecular formula is C22H25N3O2. The van der Waals surface area contributed by atoms with Crippen LogP contribution in [0, 0.1) is 20.8 Å². The van der Waals surface area contributed by atoms with Crippen molar-refractivity contribution in [1.29, 1.82) is 0 Å². The van der Waals surface area contributed by atoms with E-state index < -0.39 is 6.10 Å². The molecule has 0 aliphatic rings. The van der Waals surface area contributed by atoms with Gasteiger partial charge in [-0.1, -0.05) is 24.3 Å². The van der Waals surface area contributed by atoms with E-state index in [4.69, 9.17) is 4.74 Å². The Bertz CT molecular complexity index is 929. The summed E-state index contributed by atoms with van der Waals surface area (Å²) in [6, 6.07) is 14.0. The minimum absolute atomic E-state index is 0.134. The Morgan fingerprint density at radius 3 is 2.56 bits per heavy atom. The first-order valence-electron chi connectivity index (χ1n) is 9.05. The van der Waals surface area contributed by atoms with Crippen LogP contribution in [0.1, 0.15) is 29.4 Å². The summed E-state index contributed by atoms with van der Waals surface area (Å²) < 4.78 is 7.85. The zero-order valence-electron chi connectivity index (χ0n) is 16.2. The summed E-state index contributed by atoms with van der Waals surface area (Å²) in [6.07, 6.45) is 3.15. The van der Waals surface area contributed by atoms with E-state index in [1.807, 2.05) is 74.0 Å². The predicted octanol–water partition coefficient (Wildman–Crippen LogP) is 3.88. The molecule has 0 fully saturated rings. The number of nitrogens with one attached hydrogen (secondary N) is 1. The Kier molecular flexibility index (Phi) is 5.60. The maximum absolute atomic E-state index is 12.4. The van der Waals surface area contributed by atoms with Gasteiger partial charge in [0.2, 0.25) is 0 Å². The number of hydrogen-bond acceptors (Lipinski definition) is 3. The van der Waals surface area contributed by atoms with Crippen LogP contribution in [-0.2, 0) is 11.3 Å². The van der Waals surface area contributed by atoms with Crippen molar-refractivity contribution in [3.63, 3.8) is 0 Å². The van der Waals surface area contributed by atoms with Gasteiger partial charge in [-0.05, 0) is 62.6 Å². The Morgan fingerprint density at radius 2 is 1.89 bits per heavy atom. The molecule has 5 heteroatoms. The highest BCUT2D eigenvalue weighted by atomic mass is 16.5. The molecule has 0 bridgehead atoms. The fourth-order valence-electron chi connectivity index (χ4n) is 2.84. The van der Waals surface area contributed by atoms with Crippen molar-refractivity contribution in [2.24, 2.45) is 0 Å². The van der Waals surface area contributed by atoms with Crippen molar-refractivity contribution in [1.82, 2.24) is 14.9 Å². The predicted molar refractivity (Wildman–Crippen MR) is 106 cm³/mol. The van der Waals surface area contributed by atoms with Gasteiger partial charge in [-0.25, -0.2) is 4.98 Å².